The van der Waals surface area contributed by atoms with E-state index in [0.29, 0.717) is 22.5 Å². The van der Waals surface area contributed by atoms with Crippen molar-refractivity contribution in [1.82, 2.24) is 15.5 Å². The van der Waals surface area contributed by atoms with Crippen molar-refractivity contribution in [2.24, 2.45) is 0 Å². The average molecular weight is 300 g/mol. The maximum atomic E-state index is 13.8. The SMILES string of the molecule is CCNCc1nnc(-c2cccc(Br)c2F)o1. The summed E-state index contributed by atoms with van der Waals surface area (Å²) in [5, 5.41) is 10.7. The van der Waals surface area contributed by atoms with E-state index in [1.807, 2.05) is 6.92 Å². The molecule has 0 radical (unpaired) electrons. The Morgan fingerprint density at radius 3 is 3.00 bits per heavy atom. The van der Waals surface area contributed by atoms with Gasteiger partial charge in [0, 0.05) is 0 Å². The molecule has 90 valence electrons. The van der Waals surface area contributed by atoms with Gasteiger partial charge in [-0.25, -0.2) is 4.39 Å². The van der Waals surface area contributed by atoms with Crippen LogP contribution in [0.1, 0.15) is 12.8 Å². The van der Waals surface area contributed by atoms with Crippen molar-refractivity contribution in [2.45, 2.75) is 13.5 Å². The van der Waals surface area contributed by atoms with Gasteiger partial charge in [0.05, 0.1) is 16.6 Å². The largest absolute Gasteiger partial charge is 0.419 e. The molecule has 0 atom stereocenters. The molecule has 0 aliphatic carbocycles. The van der Waals surface area contributed by atoms with E-state index in [4.69, 9.17) is 4.42 Å². The molecule has 0 aliphatic rings. The molecular formula is C11H11BrFN3O. The van der Waals surface area contributed by atoms with Crippen LogP contribution in [0.5, 0.6) is 0 Å². The number of nitrogens with zero attached hydrogens (tertiary/aromatic N) is 2. The summed E-state index contributed by atoms with van der Waals surface area (Å²) in [6.07, 6.45) is 0. The summed E-state index contributed by atoms with van der Waals surface area (Å²) in [5.74, 6) is 0.240. The Balaban J connectivity index is 2.27. The summed E-state index contributed by atoms with van der Waals surface area (Å²) < 4.78 is 19.5. The predicted molar refractivity (Wildman–Crippen MR) is 64.8 cm³/mol. The molecule has 0 saturated carbocycles. The van der Waals surface area contributed by atoms with E-state index in [9.17, 15) is 4.39 Å². The second-order valence-electron chi connectivity index (χ2n) is 3.38. The number of benzene rings is 1. The molecule has 2 aromatic rings. The van der Waals surface area contributed by atoms with Gasteiger partial charge in [0.1, 0.15) is 5.82 Å². The Labute approximate surface area is 106 Å². The second kappa shape index (κ2) is 5.37. The first-order valence-electron chi connectivity index (χ1n) is 5.20. The van der Waals surface area contributed by atoms with Gasteiger partial charge in [0.15, 0.2) is 0 Å². The average Bonchev–Trinajstić information content (AvgIpc) is 2.78. The number of nitrogens with one attached hydrogen (secondary N) is 1. The van der Waals surface area contributed by atoms with Crippen LogP contribution in [0.15, 0.2) is 27.1 Å². The predicted octanol–water partition coefficient (Wildman–Crippen LogP) is 2.75. The Morgan fingerprint density at radius 2 is 2.24 bits per heavy atom. The van der Waals surface area contributed by atoms with Crippen LogP contribution in [0.25, 0.3) is 11.5 Å². The summed E-state index contributed by atoms with van der Waals surface area (Å²) in [6, 6.07) is 4.94. The van der Waals surface area contributed by atoms with E-state index in [1.54, 1.807) is 18.2 Å². The third kappa shape index (κ3) is 2.70. The minimum atomic E-state index is -0.397. The Kier molecular flexibility index (Phi) is 3.86. The molecule has 4 nitrogen and oxygen atoms in total. The number of rotatable bonds is 4. The zero-order chi connectivity index (χ0) is 12.3. The van der Waals surface area contributed by atoms with Gasteiger partial charge in [-0.15, -0.1) is 10.2 Å². The smallest absolute Gasteiger partial charge is 0.250 e. The maximum absolute atomic E-state index is 13.8. The Hall–Kier alpha value is -1.27. The highest BCUT2D eigenvalue weighted by molar-refractivity contribution is 9.10. The maximum Gasteiger partial charge on any atom is 0.250 e. The number of halogens is 2. The molecule has 0 fully saturated rings. The van der Waals surface area contributed by atoms with Gasteiger partial charge in [-0.05, 0) is 34.6 Å². The third-order valence-corrected chi connectivity index (χ3v) is 2.79. The van der Waals surface area contributed by atoms with Crippen molar-refractivity contribution in [3.05, 3.63) is 34.4 Å². The second-order valence-corrected chi connectivity index (χ2v) is 4.24. The molecule has 1 N–H and O–H groups in total. The lowest BCUT2D eigenvalue weighted by molar-refractivity contribution is 0.479. The first kappa shape index (κ1) is 12.2. The van der Waals surface area contributed by atoms with Crippen LogP contribution in [0.3, 0.4) is 0 Å². The summed E-state index contributed by atoms with van der Waals surface area (Å²) >= 11 is 3.11. The van der Waals surface area contributed by atoms with Crippen molar-refractivity contribution in [3.63, 3.8) is 0 Å². The molecule has 17 heavy (non-hydrogen) atoms. The van der Waals surface area contributed by atoms with Crippen LogP contribution in [0.2, 0.25) is 0 Å². The van der Waals surface area contributed by atoms with Crippen LogP contribution in [-0.2, 0) is 6.54 Å². The molecule has 1 heterocycles. The van der Waals surface area contributed by atoms with E-state index in [0.717, 1.165) is 6.54 Å². The molecule has 0 bridgehead atoms. The first-order chi connectivity index (χ1) is 8.22. The molecule has 6 heteroatoms. The van der Waals surface area contributed by atoms with Crippen molar-refractivity contribution < 1.29 is 8.81 Å². The van der Waals surface area contributed by atoms with Crippen LogP contribution in [0.4, 0.5) is 4.39 Å². The van der Waals surface area contributed by atoms with Crippen LogP contribution in [0, 0.1) is 5.82 Å². The molecule has 0 amide bonds. The quantitative estimate of drug-likeness (QED) is 0.943. The van der Waals surface area contributed by atoms with Crippen LogP contribution >= 0.6 is 15.9 Å². The van der Waals surface area contributed by atoms with E-state index in [-0.39, 0.29) is 5.89 Å². The molecule has 0 unspecified atom stereocenters. The van der Waals surface area contributed by atoms with Crippen LogP contribution in [-0.4, -0.2) is 16.7 Å². The van der Waals surface area contributed by atoms with Crippen molar-refractivity contribution in [3.8, 4) is 11.5 Å². The molecule has 1 aromatic carbocycles. The summed E-state index contributed by atoms with van der Waals surface area (Å²) in [7, 11) is 0. The van der Waals surface area contributed by atoms with Gasteiger partial charge >= 0.3 is 0 Å². The molecular weight excluding hydrogens is 289 g/mol. The van der Waals surface area contributed by atoms with Crippen molar-refractivity contribution in [1.29, 1.82) is 0 Å². The number of aromatic nitrogens is 2. The van der Waals surface area contributed by atoms with Crippen molar-refractivity contribution >= 4 is 15.9 Å². The van der Waals surface area contributed by atoms with Gasteiger partial charge in [-0.1, -0.05) is 13.0 Å². The number of hydrogen-bond acceptors (Lipinski definition) is 4. The summed E-state index contributed by atoms with van der Waals surface area (Å²) in [5.41, 5.74) is 0.301. The fraction of sp³-hybridized carbons (Fsp3) is 0.273. The van der Waals surface area contributed by atoms with E-state index < -0.39 is 5.82 Å². The highest BCUT2D eigenvalue weighted by atomic mass is 79.9. The van der Waals surface area contributed by atoms with E-state index in [1.165, 1.54) is 0 Å². The Bertz CT molecular complexity index is 515. The lowest BCUT2D eigenvalue weighted by Gasteiger charge is -1.99. The molecule has 0 spiro atoms. The normalized spacial score (nSPS) is 10.8. The highest BCUT2D eigenvalue weighted by Gasteiger charge is 2.14. The van der Waals surface area contributed by atoms with E-state index in [2.05, 4.69) is 31.4 Å². The van der Waals surface area contributed by atoms with Gasteiger partial charge in [-0.2, -0.15) is 0 Å². The zero-order valence-corrected chi connectivity index (χ0v) is 10.8. The van der Waals surface area contributed by atoms with E-state index >= 15 is 0 Å². The van der Waals surface area contributed by atoms with Gasteiger partial charge < -0.3 is 9.73 Å². The highest BCUT2D eigenvalue weighted by Crippen LogP contribution is 2.26. The molecule has 2 rings (SSSR count). The Morgan fingerprint density at radius 1 is 1.41 bits per heavy atom. The minimum Gasteiger partial charge on any atom is -0.419 e. The standard InChI is InChI=1S/C11H11BrFN3O/c1-2-14-6-9-15-16-11(17-9)7-4-3-5-8(12)10(7)13/h3-5,14H,2,6H2,1H3. The number of hydrogen-bond donors (Lipinski definition) is 1. The lowest BCUT2D eigenvalue weighted by Crippen LogP contribution is -2.11. The molecule has 0 saturated heterocycles. The lowest BCUT2D eigenvalue weighted by atomic mass is 10.2. The topological polar surface area (TPSA) is 51.0 Å². The van der Waals surface area contributed by atoms with Gasteiger partial charge in [-0.3, -0.25) is 0 Å². The van der Waals surface area contributed by atoms with Gasteiger partial charge in [0.25, 0.3) is 5.89 Å². The van der Waals surface area contributed by atoms with Crippen molar-refractivity contribution in [2.75, 3.05) is 6.54 Å². The summed E-state index contributed by atoms with van der Waals surface area (Å²) in [4.78, 5) is 0. The van der Waals surface area contributed by atoms with Crippen LogP contribution < -0.4 is 5.32 Å². The minimum absolute atomic E-state index is 0.191. The first-order valence-corrected chi connectivity index (χ1v) is 5.99. The molecule has 1 aromatic heterocycles. The summed E-state index contributed by atoms with van der Waals surface area (Å²) in [6.45, 7) is 3.27. The van der Waals surface area contributed by atoms with Gasteiger partial charge in [0.2, 0.25) is 5.89 Å². The fourth-order valence-corrected chi connectivity index (χ4v) is 1.70. The monoisotopic (exact) mass is 299 g/mol. The third-order valence-electron chi connectivity index (χ3n) is 2.18. The fourth-order valence-electron chi connectivity index (χ4n) is 1.33. The zero-order valence-electron chi connectivity index (χ0n) is 9.20. The molecule has 0 aliphatic heterocycles.